The summed E-state index contributed by atoms with van der Waals surface area (Å²) < 4.78 is 5.87. The zero-order chi connectivity index (χ0) is 13.3. The molecule has 0 aliphatic heterocycles. The van der Waals surface area contributed by atoms with Crippen molar-refractivity contribution in [1.82, 2.24) is 5.32 Å². The molecule has 0 saturated carbocycles. The molecule has 0 aromatic heterocycles. The molecule has 2 nitrogen and oxygen atoms in total. The third-order valence-electron chi connectivity index (χ3n) is 3.91. The summed E-state index contributed by atoms with van der Waals surface area (Å²) in [5, 5.41) is 3.69. The highest BCUT2D eigenvalue weighted by molar-refractivity contribution is 4.91. The maximum absolute atomic E-state index is 5.87. The van der Waals surface area contributed by atoms with Crippen LogP contribution < -0.4 is 5.32 Å². The molecule has 0 aromatic rings. The summed E-state index contributed by atoms with van der Waals surface area (Å²) in [4.78, 5) is 0. The fourth-order valence-electron chi connectivity index (χ4n) is 2.54. The standard InChI is InChI=1S/C15H33NO/c1-7-12-16-14(11-10-13(4)5)15(8-2,9-3)17-6/h13-14,16H,7-12H2,1-6H3. The molecule has 0 amide bonds. The third-order valence-corrected chi connectivity index (χ3v) is 3.91. The van der Waals surface area contributed by atoms with Gasteiger partial charge in [-0.3, -0.25) is 0 Å². The molecular weight excluding hydrogens is 210 g/mol. The number of ether oxygens (including phenoxy) is 1. The molecule has 0 saturated heterocycles. The highest BCUT2D eigenvalue weighted by Crippen LogP contribution is 2.28. The second kappa shape index (κ2) is 8.93. The van der Waals surface area contributed by atoms with Gasteiger partial charge >= 0.3 is 0 Å². The van der Waals surface area contributed by atoms with E-state index in [4.69, 9.17) is 4.74 Å². The van der Waals surface area contributed by atoms with E-state index < -0.39 is 0 Å². The van der Waals surface area contributed by atoms with Crippen LogP contribution in [0.5, 0.6) is 0 Å². The Kier molecular flexibility index (Phi) is 8.89. The predicted octanol–water partition coefficient (Wildman–Crippen LogP) is 4.00. The maximum Gasteiger partial charge on any atom is 0.0825 e. The Morgan fingerprint density at radius 1 is 1.06 bits per heavy atom. The van der Waals surface area contributed by atoms with Crippen molar-refractivity contribution in [2.75, 3.05) is 13.7 Å². The number of hydrogen-bond acceptors (Lipinski definition) is 2. The van der Waals surface area contributed by atoms with E-state index in [9.17, 15) is 0 Å². The monoisotopic (exact) mass is 243 g/mol. The van der Waals surface area contributed by atoms with Gasteiger partial charge in [0, 0.05) is 13.2 Å². The van der Waals surface area contributed by atoms with E-state index in [2.05, 4.69) is 39.9 Å². The first-order valence-corrected chi connectivity index (χ1v) is 7.34. The highest BCUT2D eigenvalue weighted by Gasteiger charge is 2.34. The molecule has 0 heterocycles. The molecule has 0 aliphatic carbocycles. The van der Waals surface area contributed by atoms with E-state index >= 15 is 0 Å². The zero-order valence-electron chi connectivity index (χ0n) is 12.8. The van der Waals surface area contributed by atoms with Gasteiger partial charge in [-0.05, 0) is 44.6 Å². The molecule has 17 heavy (non-hydrogen) atoms. The molecule has 0 bridgehead atoms. The normalized spacial score (nSPS) is 14.3. The quantitative estimate of drug-likeness (QED) is 0.626. The molecule has 0 fully saturated rings. The molecule has 104 valence electrons. The first kappa shape index (κ1) is 16.9. The van der Waals surface area contributed by atoms with Crippen LogP contribution in [0.2, 0.25) is 0 Å². The van der Waals surface area contributed by atoms with Crippen molar-refractivity contribution in [2.45, 2.75) is 78.4 Å². The molecule has 0 aromatic carbocycles. The van der Waals surface area contributed by atoms with Crippen molar-refractivity contribution in [1.29, 1.82) is 0 Å². The van der Waals surface area contributed by atoms with Gasteiger partial charge in [0.05, 0.1) is 5.60 Å². The van der Waals surface area contributed by atoms with Crippen LogP contribution in [0.3, 0.4) is 0 Å². The fraction of sp³-hybridized carbons (Fsp3) is 1.00. The molecule has 0 rings (SSSR count). The maximum atomic E-state index is 5.87. The summed E-state index contributed by atoms with van der Waals surface area (Å²) in [5.74, 6) is 0.768. The molecule has 1 N–H and O–H groups in total. The van der Waals surface area contributed by atoms with Crippen molar-refractivity contribution in [3.63, 3.8) is 0 Å². The van der Waals surface area contributed by atoms with Crippen LogP contribution in [0.4, 0.5) is 0 Å². The van der Waals surface area contributed by atoms with Crippen molar-refractivity contribution < 1.29 is 4.74 Å². The Hall–Kier alpha value is -0.0800. The van der Waals surface area contributed by atoms with E-state index in [0.29, 0.717) is 6.04 Å². The second-order valence-corrected chi connectivity index (χ2v) is 5.45. The van der Waals surface area contributed by atoms with Gasteiger partial charge in [-0.1, -0.05) is 34.6 Å². The topological polar surface area (TPSA) is 21.3 Å². The molecule has 0 radical (unpaired) electrons. The lowest BCUT2D eigenvalue weighted by Crippen LogP contribution is -2.51. The van der Waals surface area contributed by atoms with Crippen LogP contribution in [-0.2, 0) is 4.74 Å². The number of nitrogens with one attached hydrogen (secondary N) is 1. The smallest absolute Gasteiger partial charge is 0.0825 e. The van der Waals surface area contributed by atoms with Crippen LogP contribution in [0.25, 0.3) is 0 Å². The number of hydrogen-bond donors (Lipinski definition) is 1. The van der Waals surface area contributed by atoms with E-state index in [0.717, 1.165) is 25.3 Å². The van der Waals surface area contributed by atoms with Gasteiger partial charge in [-0.2, -0.15) is 0 Å². The van der Waals surface area contributed by atoms with Crippen LogP contribution in [-0.4, -0.2) is 25.3 Å². The average molecular weight is 243 g/mol. The lowest BCUT2D eigenvalue weighted by atomic mass is 9.84. The summed E-state index contributed by atoms with van der Waals surface area (Å²) in [6, 6.07) is 0.491. The second-order valence-electron chi connectivity index (χ2n) is 5.45. The summed E-state index contributed by atoms with van der Waals surface area (Å²) in [6.45, 7) is 12.4. The molecule has 0 aliphatic rings. The predicted molar refractivity (Wildman–Crippen MR) is 76.5 cm³/mol. The van der Waals surface area contributed by atoms with Crippen LogP contribution in [0.1, 0.15) is 66.7 Å². The summed E-state index contributed by atoms with van der Waals surface area (Å²) in [5.41, 5.74) is 0.0179. The SMILES string of the molecule is CCCNC(CCC(C)C)C(CC)(CC)OC. The first-order valence-electron chi connectivity index (χ1n) is 7.34. The molecule has 2 heteroatoms. The Balaban J connectivity index is 4.60. The van der Waals surface area contributed by atoms with E-state index in [1.807, 2.05) is 7.11 Å². The van der Waals surface area contributed by atoms with Gasteiger partial charge in [-0.25, -0.2) is 0 Å². The fourth-order valence-corrected chi connectivity index (χ4v) is 2.54. The third kappa shape index (κ3) is 5.39. The lowest BCUT2D eigenvalue weighted by molar-refractivity contribution is -0.0503. The summed E-state index contributed by atoms with van der Waals surface area (Å²) >= 11 is 0. The van der Waals surface area contributed by atoms with Crippen LogP contribution in [0, 0.1) is 5.92 Å². The summed E-state index contributed by atoms with van der Waals surface area (Å²) in [6.07, 6.45) is 5.84. The van der Waals surface area contributed by atoms with Crippen molar-refractivity contribution in [2.24, 2.45) is 5.92 Å². The molecule has 0 spiro atoms. The van der Waals surface area contributed by atoms with Gasteiger partial charge in [0.2, 0.25) is 0 Å². The molecule has 1 unspecified atom stereocenters. The minimum Gasteiger partial charge on any atom is -0.377 e. The number of methoxy groups -OCH3 is 1. The van der Waals surface area contributed by atoms with Crippen LogP contribution in [0.15, 0.2) is 0 Å². The van der Waals surface area contributed by atoms with Gasteiger partial charge in [0.15, 0.2) is 0 Å². The first-order chi connectivity index (χ1) is 8.06. The van der Waals surface area contributed by atoms with Gasteiger partial charge in [0.25, 0.3) is 0 Å². The van der Waals surface area contributed by atoms with E-state index in [-0.39, 0.29) is 5.60 Å². The highest BCUT2D eigenvalue weighted by atomic mass is 16.5. The van der Waals surface area contributed by atoms with Crippen molar-refractivity contribution in [3.8, 4) is 0 Å². The Labute approximate surface area is 109 Å². The van der Waals surface area contributed by atoms with Gasteiger partial charge < -0.3 is 10.1 Å². The zero-order valence-corrected chi connectivity index (χ0v) is 12.8. The Morgan fingerprint density at radius 2 is 1.65 bits per heavy atom. The van der Waals surface area contributed by atoms with Crippen molar-refractivity contribution >= 4 is 0 Å². The van der Waals surface area contributed by atoms with E-state index in [1.54, 1.807) is 0 Å². The minimum atomic E-state index is 0.0179. The van der Waals surface area contributed by atoms with Gasteiger partial charge in [-0.15, -0.1) is 0 Å². The minimum absolute atomic E-state index is 0.0179. The molecule has 1 atom stereocenters. The van der Waals surface area contributed by atoms with Crippen LogP contribution >= 0.6 is 0 Å². The van der Waals surface area contributed by atoms with Crippen molar-refractivity contribution in [3.05, 3.63) is 0 Å². The van der Waals surface area contributed by atoms with Gasteiger partial charge in [0.1, 0.15) is 0 Å². The Bertz CT molecular complexity index is 167. The largest absolute Gasteiger partial charge is 0.377 e. The lowest BCUT2D eigenvalue weighted by Gasteiger charge is -2.39. The number of rotatable bonds is 10. The Morgan fingerprint density at radius 3 is 2.00 bits per heavy atom. The van der Waals surface area contributed by atoms with E-state index in [1.165, 1.54) is 19.3 Å². The summed E-state index contributed by atoms with van der Waals surface area (Å²) in [7, 11) is 1.86. The average Bonchev–Trinajstić information content (AvgIpc) is 2.33. The molecular formula is C15H33NO.